The first-order valence-corrected chi connectivity index (χ1v) is 31.7. The van der Waals surface area contributed by atoms with Crippen molar-refractivity contribution in [3.05, 3.63) is 98.6 Å². The number of rotatable bonds is 3. The van der Waals surface area contributed by atoms with Crippen molar-refractivity contribution in [1.82, 2.24) is 0 Å². The van der Waals surface area contributed by atoms with Gasteiger partial charge in [0.15, 0.2) is 0 Å². The number of phenolic OH excluding ortho intramolecular Hbond substituents is 1. The summed E-state index contributed by atoms with van der Waals surface area (Å²) in [4.78, 5) is 44.4. The monoisotopic (exact) mass is 1120 g/mol. The zero-order valence-electron chi connectivity index (χ0n) is 47.8. The molecule has 10 aliphatic rings. The molecular formula is C69H85NO12. The van der Waals surface area contributed by atoms with Crippen LogP contribution in [-0.2, 0) is 56.1 Å². The van der Waals surface area contributed by atoms with E-state index in [1.54, 1.807) is 13.0 Å². The Kier molecular flexibility index (Phi) is 15.6. The first-order chi connectivity index (χ1) is 39.6. The van der Waals surface area contributed by atoms with E-state index < -0.39 is 65.3 Å². The van der Waals surface area contributed by atoms with Crippen molar-refractivity contribution >= 4 is 23.4 Å². The normalized spacial score (nSPS) is 37.7. The Morgan fingerprint density at radius 3 is 2.33 bits per heavy atom. The summed E-state index contributed by atoms with van der Waals surface area (Å²) in [5.74, 6) is 4.27. The van der Waals surface area contributed by atoms with E-state index in [2.05, 4.69) is 23.2 Å². The van der Waals surface area contributed by atoms with Gasteiger partial charge in [-0.2, -0.15) is 0 Å². The number of ether oxygens (including phenoxy) is 3. The molecule has 13 rings (SSSR count). The second-order valence-electron chi connectivity index (χ2n) is 27.3. The van der Waals surface area contributed by atoms with Gasteiger partial charge >= 0.3 is 11.9 Å². The van der Waals surface area contributed by atoms with Crippen LogP contribution in [0.2, 0.25) is 0 Å². The molecule has 7 N–H and O–H groups in total. The summed E-state index contributed by atoms with van der Waals surface area (Å²) in [5, 5.41) is 78.6. The lowest BCUT2D eigenvalue weighted by Gasteiger charge is -2.59. The number of ketones is 1. The molecule has 438 valence electrons. The molecule has 5 heterocycles. The smallest absolute Gasteiger partial charge is 0.334 e. The fourth-order valence-electron chi connectivity index (χ4n) is 18.3. The number of anilines is 1. The third kappa shape index (κ3) is 10.5. The van der Waals surface area contributed by atoms with E-state index in [9.17, 15) is 40.2 Å². The van der Waals surface area contributed by atoms with Crippen molar-refractivity contribution in [2.24, 2.45) is 41.4 Å². The van der Waals surface area contributed by atoms with Crippen molar-refractivity contribution < 1.29 is 59.2 Å². The molecule has 6 fully saturated rings. The molecule has 5 saturated carbocycles. The SMILES string of the molecule is CC1(O)CNc2cc(C3C#CC4CC(=O)Oc5c4cc(c(O)c5C4CCCCC4)CC4OC(=O)C(=CC(O)Cc5cccc(c5)CC5C(=O)CCC6C5CC5CCCCC5C46O)C3)cc(CO)c2CCC2CC(OC3CCCCC23)C1O. The van der Waals surface area contributed by atoms with Crippen LogP contribution in [-0.4, -0.2) is 96.6 Å². The number of aliphatic hydroxyl groups is 5. The fourth-order valence-corrected chi connectivity index (χ4v) is 18.3. The molecule has 82 heavy (non-hydrogen) atoms. The van der Waals surface area contributed by atoms with Gasteiger partial charge in [0.25, 0.3) is 0 Å². The highest BCUT2D eigenvalue weighted by Gasteiger charge is 2.62. The average Bonchev–Trinajstić information content (AvgIpc) is 2.77. The van der Waals surface area contributed by atoms with Crippen molar-refractivity contribution in [3.8, 4) is 23.3 Å². The van der Waals surface area contributed by atoms with Crippen LogP contribution in [0.1, 0.15) is 198 Å². The number of Topliss-reactive ketones (excluding diaryl/α,β-unsaturated/α-hetero) is 1. The molecule has 3 aromatic rings. The summed E-state index contributed by atoms with van der Waals surface area (Å²) in [6.07, 6.45) is 13.8. The highest BCUT2D eigenvalue weighted by atomic mass is 16.6. The Bertz CT molecular complexity index is 3060. The number of nitrogens with one attached hydrogen (secondary N) is 1. The molecule has 0 amide bonds. The van der Waals surface area contributed by atoms with Gasteiger partial charge in [0.2, 0.25) is 0 Å². The second-order valence-corrected chi connectivity index (χ2v) is 27.3. The van der Waals surface area contributed by atoms with Crippen molar-refractivity contribution in [2.75, 3.05) is 11.9 Å². The molecule has 5 aliphatic carbocycles. The van der Waals surface area contributed by atoms with E-state index in [4.69, 9.17) is 14.2 Å². The van der Waals surface area contributed by atoms with Crippen LogP contribution in [0.4, 0.5) is 5.69 Å². The van der Waals surface area contributed by atoms with E-state index in [1.165, 1.54) is 0 Å². The van der Waals surface area contributed by atoms with Crippen LogP contribution in [0.5, 0.6) is 11.5 Å². The number of aromatic hydroxyl groups is 1. The number of hydrogen-bond acceptors (Lipinski definition) is 13. The molecule has 0 aromatic heterocycles. The number of carbonyl (C=O) groups is 3. The fraction of sp³-hybridized carbons (Fsp3) is 0.638. The second kappa shape index (κ2) is 22.7. The minimum Gasteiger partial charge on any atom is -0.507 e. The molecule has 1 saturated heterocycles. The molecule has 0 spiro atoms. The Morgan fingerprint density at radius 2 is 1.50 bits per heavy atom. The van der Waals surface area contributed by atoms with Gasteiger partial charge in [-0.15, -0.1) is 0 Å². The van der Waals surface area contributed by atoms with Gasteiger partial charge in [-0.1, -0.05) is 93.5 Å². The van der Waals surface area contributed by atoms with Crippen molar-refractivity contribution in [3.63, 3.8) is 0 Å². The third-order valence-corrected chi connectivity index (χ3v) is 22.3. The number of phenols is 1. The lowest BCUT2D eigenvalue weighted by molar-refractivity contribution is -0.228. The Labute approximate surface area is 483 Å². The Balaban J connectivity index is 0.995. The summed E-state index contributed by atoms with van der Waals surface area (Å²) < 4.78 is 20.0. The van der Waals surface area contributed by atoms with E-state index >= 15 is 4.79 Å². The van der Waals surface area contributed by atoms with Crippen molar-refractivity contribution in [1.29, 1.82) is 0 Å². The van der Waals surface area contributed by atoms with Gasteiger partial charge in [-0.05, 0) is 177 Å². The van der Waals surface area contributed by atoms with Crippen LogP contribution in [0, 0.1) is 53.3 Å². The van der Waals surface area contributed by atoms with Crippen LogP contribution >= 0.6 is 0 Å². The number of aliphatic hydroxyl groups excluding tert-OH is 3. The van der Waals surface area contributed by atoms with Gasteiger partial charge in [-0.3, -0.25) is 9.59 Å². The molecular weight excluding hydrogens is 1030 g/mol. The van der Waals surface area contributed by atoms with Gasteiger partial charge in [0.05, 0.1) is 37.3 Å². The van der Waals surface area contributed by atoms with Crippen LogP contribution < -0.4 is 10.1 Å². The van der Waals surface area contributed by atoms with Crippen LogP contribution in [0.15, 0.2) is 54.1 Å². The summed E-state index contributed by atoms with van der Waals surface area (Å²) in [5.41, 5.74) is 3.36. The number of fused-ring (bicyclic) bond motifs is 14. The third-order valence-electron chi connectivity index (χ3n) is 22.3. The summed E-state index contributed by atoms with van der Waals surface area (Å²) in [7, 11) is 0. The van der Waals surface area contributed by atoms with Gasteiger partial charge in [-0.25, -0.2) is 4.79 Å². The molecule has 5 aliphatic heterocycles. The van der Waals surface area contributed by atoms with Crippen molar-refractivity contribution in [2.45, 2.75) is 227 Å². The van der Waals surface area contributed by atoms with Gasteiger partial charge in [0.1, 0.15) is 40.7 Å². The maximum Gasteiger partial charge on any atom is 0.334 e. The Morgan fingerprint density at radius 1 is 0.732 bits per heavy atom. The summed E-state index contributed by atoms with van der Waals surface area (Å²) in [6.45, 7) is 1.30. The molecule has 12 bridgehead atoms. The first kappa shape index (κ1) is 56.1. The van der Waals surface area contributed by atoms with E-state index in [0.717, 1.165) is 113 Å². The zero-order chi connectivity index (χ0) is 56.6. The molecule has 13 heteroatoms. The average molecular weight is 1120 g/mol. The zero-order valence-corrected chi connectivity index (χ0v) is 47.8. The minimum absolute atomic E-state index is 0.0139. The number of benzene rings is 3. The predicted octanol–water partition coefficient (Wildman–Crippen LogP) is 9.64. The highest BCUT2D eigenvalue weighted by molar-refractivity contribution is 5.89. The molecule has 13 nitrogen and oxygen atoms in total. The number of β-amino-alcohol motifs (C(OH)–C–C–N with tert-alkyl or cyclic N) is 1. The number of carbonyl (C=O) groups excluding carboxylic acids is 3. The van der Waals surface area contributed by atoms with Gasteiger partial charge < -0.3 is 50.2 Å². The van der Waals surface area contributed by atoms with Gasteiger partial charge in [0, 0.05) is 60.0 Å². The maximum absolute atomic E-state index is 16.0. The molecule has 0 radical (unpaired) electrons. The molecule has 3 aromatic carbocycles. The number of hydrogen-bond donors (Lipinski definition) is 7. The Hall–Kier alpha value is -5.07. The summed E-state index contributed by atoms with van der Waals surface area (Å²) >= 11 is 0. The van der Waals surface area contributed by atoms with E-state index in [1.807, 2.05) is 36.4 Å². The number of esters is 2. The lowest BCUT2D eigenvalue weighted by atomic mass is 9.48. The minimum atomic E-state index is -1.62. The standard InChI is InChI=1S/C69H85NO12/c1-68(78)37-70-57-32-45(28-48(36-71)50(57)21-20-42-33-60(66(68)76)80-59-17-8-6-15-51(42)59)41-18-19-43-35-62(74)82-65-52(43)31-46(64(75)63(65)40-12-3-2-4-13-40)34-61-69(79)55-16-7-5-14-44(55)30-53-54(58(73)23-22-56(53)69)26-39-11-9-10-38(24-39)25-49(72)29-47(27-41)67(77)81-61/h9-11,24,28-29,31-32,40-44,49,51,53-56,59-61,66,70-72,75-76,78-79H,2-8,12-17,20-23,25-27,30,33-37H2,1H3. The van der Waals surface area contributed by atoms with E-state index in [-0.39, 0.29) is 104 Å². The van der Waals surface area contributed by atoms with Crippen LogP contribution in [0.3, 0.4) is 0 Å². The van der Waals surface area contributed by atoms with E-state index in [0.29, 0.717) is 70.9 Å². The summed E-state index contributed by atoms with van der Waals surface area (Å²) in [6, 6.07) is 13.9. The predicted molar refractivity (Wildman–Crippen MR) is 308 cm³/mol. The highest BCUT2D eigenvalue weighted by Crippen LogP contribution is 2.60. The van der Waals surface area contributed by atoms with Crippen LogP contribution in [0.25, 0.3) is 0 Å². The quantitative estimate of drug-likeness (QED) is 0.0741. The topological polar surface area (TPSA) is 212 Å². The maximum atomic E-state index is 16.0. The molecule has 16 atom stereocenters. The molecule has 16 unspecified atom stereocenters. The largest absolute Gasteiger partial charge is 0.507 e. The lowest BCUT2D eigenvalue weighted by Crippen LogP contribution is -2.65. The first-order valence-electron chi connectivity index (χ1n) is 31.7.